The van der Waals surface area contributed by atoms with Gasteiger partial charge in [-0.25, -0.2) is 0 Å². The fraction of sp³-hybridized carbons (Fsp3) is 0.500. The number of thiophene rings is 1. The second kappa shape index (κ2) is 7.61. The van der Waals surface area contributed by atoms with Crippen LogP contribution in [-0.2, 0) is 22.5 Å². The number of aromatic nitrogens is 3. The quantitative estimate of drug-likeness (QED) is 0.578. The highest BCUT2D eigenvalue weighted by molar-refractivity contribution is 7.99. The van der Waals surface area contributed by atoms with Crippen molar-refractivity contribution < 1.29 is 9.53 Å². The molecule has 0 unspecified atom stereocenters. The van der Waals surface area contributed by atoms with Crippen LogP contribution < -0.4 is 0 Å². The summed E-state index contributed by atoms with van der Waals surface area (Å²) in [5.41, 5.74) is 1.10. The Balaban J connectivity index is 2.19. The molecule has 0 amide bonds. The molecule has 21 heavy (non-hydrogen) atoms. The van der Waals surface area contributed by atoms with E-state index in [0.29, 0.717) is 0 Å². The molecule has 0 saturated heterocycles. The van der Waals surface area contributed by atoms with Crippen LogP contribution in [0.5, 0.6) is 0 Å². The number of nitrogens with zero attached hydrogens (tertiary/aromatic N) is 3. The Morgan fingerprint density at radius 3 is 2.90 bits per heavy atom. The predicted octanol–water partition coefficient (Wildman–Crippen LogP) is 3.24. The van der Waals surface area contributed by atoms with Gasteiger partial charge in [-0.2, -0.15) is 0 Å². The molecule has 2 rings (SSSR count). The van der Waals surface area contributed by atoms with Crippen molar-refractivity contribution in [1.29, 1.82) is 0 Å². The largest absolute Gasteiger partial charge is 0.468 e. The van der Waals surface area contributed by atoms with Gasteiger partial charge in [0.05, 0.1) is 12.9 Å². The van der Waals surface area contributed by atoms with Crippen molar-refractivity contribution in [3.8, 4) is 11.4 Å². The summed E-state index contributed by atoms with van der Waals surface area (Å²) in [6.07, 6.45) is 2.23. The van der Waals surface area contributed by atoms with E-state index in [-0.39, 0.29) is 11.7 Å². The zero-order chi connectivity index (χ0) is 15.2. The summed E-state index contributed by atoms with van der Waals surface area (Å²) in [6, 6.07) is 2.18. The number of methoxy groups -OCH3 is 1. The highest BCUT2D eigenvalue weighted by Crippen LogP contribution is 2.28. The van der Waals surface area contributed by atoms with Crippen molar-refractivity contribution in [2.75, 3.05) is 12.9 Å². The number of hydrogen-bond acceptors (Lipinski definition) is 6. The maximum absolute atomic E-state index is 11.2. The Morgan fingerprint density at radius 1 is 1.43 bits per heavy atom. The Morgan fingerprint density at radius 2 is 2.24 bits per heavy atom. The van der Waals surface area contributed by atoms with Gasteiger partial charge in [0.15, 0.2) is 11.0 Å². The Labute approximate surface area is 132 Å². The molecule has 0 atom stereocenters. The maximum atomic E-state index is 11.2. The lowest BCUT2D eigenvalue weighted by atomic mass is 10.2. The minimum Gasteiger partial charge on any atom is -0.468 e. The third-order valence-electron chi connectivity index (χ3n) is 2.99. The third kappa shape index (κ3) is 3.85. The Hall–Kier alpha value is -1.34. The number of thioether (sulfide) groups is 1. The standard InChI is InChI=1S/C14H19N3O2S2/c1-4-6-11-7-10(8-20-11)13-15-16-14(17(13)5-2)21-9-12(18)19-3/h7-8H,4-6,9H2,1-3H3. The zero-order valence-corrected chi connectivity index (χ0v) is 14.1. The molecule has 7 heteroatoms. The summed E-state index contributed by atoms with van der Waals surface area (Å²) in [5, 5.41) is 11.4. The number of ether oxygens (including phenoxy) is 1. The van der Waals surface area contributed by atoms with E-state index in [2.05, 4.69) is 33.3 Å². The number of carbonyl (C=O) groups is 1. The summed E-state index contributed by atoms with van der Waals surface area (Å²) in [4.78, 5) is 12.6. The first-order chi connectivity index (χ1) is 10.2. The Kier molecular flexibility index (Phi) is 5.81. The number of esters is 1. The molecule has 0 aliphatic carbocycles. The lowest BCUT2D eigenvalue weighted by Crippen LogP contribution is -2.05. The second-order valence-corrected chi connectivity index (χ2v) is 6.41. The van der Waals surface area contributed by atoms with Crippen molar-refractivity contribution in [1.82, 2.24) is 14.8 Å². The van der Waals surface area contributed by atoms with Crippen molar-refractivity contribution >= 4 is 29.1 Å². The van der Waals surface area contributed by atoms with Crippen molar-refractivity contribution in [3.63, 3.8) is 0 Å². The molecule has 0 fully saturated rings. The lowest BCUT2D eigenvalue weighted by molar-refractivity contribution is -0.137. The van der Waals surface area contributed by atoms with Crippen LogP contribution in [0.15, 0.2) is 16.6 Å². The molecule has 0 saturated carbocycles. The van der Waals surface area contributed by atoms with Gasteiger partial charge in [0.2, 0.25) is 0 Å². The molecule has 2 aromatic rings. The summed E-state index contributed by atoms with van der Waals surface area (Å²) >= 11 is 3.11. The molecule has 0 radical (unpaired) electrons. The van der Waals surface area contributed by atoms with Crippen LogP contribution in [0.1, 0.15) is 25.1 Å². The summed E-state index contributed by atoms with van der Waals surface area (Å²) in [7, 11) is 1.39. The van der Waals surface area contributed by atoms with Gasteiger partial charge in [-0.3, -0.25) is 4.79 Å². The molecule has 0 aromatic carbocycles. The normalized spacial score (nSPS) is 10.8. The van der Waals surface area contributed by atoms with Gasteiger partial charge in [-0.15, -0.1) is 21.5 Å². The van der Waals surface area contributed by atoms with E-state index in [1.807, 2.05) is 11.5 Å². The average Bonchev–Trinajstić information content (AvgIpc) is 3.10. The molecule has 2 heterocycles. The van der Waals surface area contributed by atoms with Gasteiger partial charge < -0.3 is 9.30 Å². The maximum Gasteiger partial charge on any atom is 0.316 e. The smallest absolute Gasteiger partial charge is 0.316 e. The van der Waals surface area contributed by atoms with Crippen molar-refractivity contribution in [3.05, 3.63) is 16.3 Å². The molecule has 0 bridgehead atoms. The van der Waals surface area contributed by atoms with Gasteiger partial charge in [0.1, 0.15) is 0 Å². The second-order valence-electron chi connectivity index (χ2n) is 4.47. The van der Waals surface area contributed by atoms with Crippen LogP contribution >= 0.6 is 23.1 Å². The SMILES string of the molecule is CCCc1cc(-c2nnc(SCC(=O)OC)n2CC)cs1. The van der Waals surface area contributed by atoms with Gasteiger partial charge in [0, 0.05) is 22.4 Å². The number of aryl methyl sites for hydroxylation is 1. The molecule has 0 aliphatic heterocycles. The van der Waals surface area contributed by atoms with Crippen LogP contribution in [0.4, 0.5) is 0 Å². The summed E-state index contributed by atoms with van der Waals surface area (Å²) in [5.74, 6) is 0.857. The average molecular weight is 325 g/mol. The number of hydrogen-bond donors (Lipinski definition) is 0. The zero-order valence-electron chi connectivity index (χ0n) is 12.5. The van der Waals surface area contributed by atoms with E-state index in [4.69, 9.17) is 0 Å². The van der Waals surface area contributed by atoms with Gasteiger partial charge >= 0.3 is 5.97 Å². The molecule has 5 nitrogen and oxygen atoms in total. The first-order valence-electron chi connectivity index (χ1n) is 6.90. The minimum atomic E-state index is -0.257. The van der Waals surface area contributed by atoms with Gasteiger partial charge in [-0.05, 0) is 19.4 Å². The number of carbonyl (C=O) groups excluding carboxylic acids is 1. The predicted molar refractivity (Wildman–Crippen MR) is 85.7 cm³/mol. The Bertz CT molecular complexity index is 607. The van der Waals surface area contributed by atoms with Gasteiger partial charge in [0.25, 0.3) is 0 Å². The van der Waals surface area contributed by atoms with E-state index < -0.39 is 0 Å². The minimum absolute atomic E-state index is 0.249. The highest BCUT2D eigenvalue weighted by Gasteiger charge is 2.15. The molecule has 2 aromatic heterocycles. The third-order valence-corrected chi connectivity index (χ3v) is 4.92. The van der Waals surface area contributed by atoms with Crippen molar-refractivity contribution in [2.24, 2.45) is 0 Å². The molecule has 114 valence electrons. The van der Waals surface area contributed by atoms with E-state index in [0.717, 1.165) is 35.9 Å². The fourth-order valence-electron chi connectivity index (χ4n) is 1.95. The fourth-order valence-corrected chi connectivity index (χ4v) is 3.76. The molecule has 0 spiro atoms. The summed E-state index contributed by atoms with van der Waals surface area (Å²) < 4.78 is 6.68. The number of rotatable bonds is 7. The lowest BCUT2D eigenvalue weighted by Gasteiger charge is -2.05. The molecule has 0 aliphatic rings. The van der Waals surface area contributed by atoms with Gasteiger partial charge in [-0.1, -0.05) is 25.1 Å². The van der Waals surface area contributed by atoms with Crippen LogP contribution in [0.3, 0.4) is 0 Å². The van der Waals surface area contributed by atoms with Crippen LogP contribution in [-0.4, -0.2) is 33.6 Å². The monoisotopic (exact) mass is 325 g/mol. The van der Waals surface area contributed by atoms with Crippen LogP contribution in [0, 0.1) is 0 Å². The van der Waals surface area contributed by atoms with Crippen LogP contribution in [0.25, 0.3) is 11.4 Å². The van der Waals surface area contributed by atoms with E-state index in [9.17, 15) is 4.79 Å². The van der Waals surface area contributed by atoms with E-state index in [1.54, 1.807) is 11.3 Å². The molecular formula is C14H19N3O2S2. The first kappa shape index (κ1) is 16.0. The van der Waals surface area contributed by atoms with Crippen molar-refractivity contribution in [2.45, 2.75) is 38.4 Å². The van der Waals surface area contributed by atoms with E-state index >= 15 is 0 Å². The molecular weight excluding hydrogens is 306 g/mol. The summed E-state index contributed by atoms with van der Waals surface area (Å²) in [6.45, 7) is 4.99. The highest BCUT2D eigenvalue weighted by atomic mass is 32.2. The first-order valence-corrected chi connectivity index (χ1v) is 8.76. The molecule has 0 N–H and O–H groups in total. The van der Waals surface area contributed by atoms with E-state index in [1.165, 1.54) is 23.7 Å². The van der Waals surface area contributed by atoms with Crippen LogP contribution in [0.2, 0.25) is 0 Å². The topological polar surface area (TPSA) is 57.0 Å².